The Balaban J connectivity index is 2.01. The lowest BCUT2D eigenvalue weighted by molar-refractivity contribution is 0.0519. The van der Waals surface area contributed by atoms with Crippen LogP contribution in [-0.2, 0) is 11.2 Å². The number of aromatic nitrogens is 2. The van der Waals surface area contributed by atoms with Gasteiger partial charge < -0.3 is 9.30 Å². The average molecular weight is 377 g/mol. The molecule has 28 heavy (non-hydrogen) atoms. The number of esters is 1. The van der Waals surface area contributed by atoms with E-state index in [0.29, 0.717) is 22.5 Å². The molecule has 1 heterocycles. The molecule has 0 saturated carbocycles. The molecule has 0 amide bonds. The Hall–Kier alpha value is -3.79. The number of ether oxygens (including phenoxy) is 1. The number of nitrogens with zero attached hydrogens (tertiary/aromatic N) is 3. The number of nitriles is 1. The van der Waals surface area contributed by atoms with Gasteiger partial charge in [-0.3, -0.25) is 4.79 Å². The summed E-state index contributed by atoms with van der Waals surface area (Å²) in [6, 6.07) is 13.9. The van der Waals surface area contributed by atoms with Gasteiger partial charge >= 0.3 is 5.97 Å². The molecule has 0 aliphatic heterocycles. The molecule has 140 valence electrons. The summed E-state index contributed by atoms with van der Waals surface area (Å²) >= 11 is 0. The molecule has 3 aromatic rings. The zero-order valence-corrected chi connectivity index (χ0v) is 15.1. The number of Topliss-reactive ketones (excluding diaryl/α,β-unsaturated/α-hetero) is 1. The SMILES string of the molecule is CCOC(=O)c1ncn(-c2ccc(C#N)cc2)c1CC(=O)c1ccc(F)cc1. The molecule has 1 aromatic heterocycles. The molecule has 0 bridgehead atoms. The molecule has 2 aromatic carbocycles. The maximum absolute atomic E-state index is 13.1. The Morgan fingerprint density at radius 1 is 1.14 bits per heavy atom. The van der Waals surface area contributed by atoms with E-state index in [4.69, 9.17) is 10.00 Å². The van der Waals surface area contributed by atoms with Gasteiger partial charge in [0.15, 0.2) is 11.5 Å². The topological polar surface area (TPSA) is 85.0 Å². The van der Waals surface area contributed by atoms with E-state index in [1.165, 1.54) is 30.6 Å². The normalized spacial score (nSPS) is 10.3. The van der Waals surface area contributed by atoms with Crippen LogP contribution in [0.25, 0.3) is 5.69 Å². The molecule has 0 aliphatic carbocycles. The molecule has 0 saturated heterocycles. The van der Waals surface area contributed by atoms with Gasteiger partial charge in [-0.25, -0.2) is 14.2 Å². The number of rotatable bonds is 6. The molecule has 0 N–H and O–H groups in total. The summed E-state index contributed by atoms with van der Waals surface area (Å²) in [4.78, 5) is 29.1. The lowest BCUT2D eigenvalue weighted by Crippen LogP contribution is -2.14. The van der Waals surface area contributed by atoms with Gasteiger partial charge in [0.25, 0.3) is 0 Å². The molecule has 0 aliphatic rings. The van der Waals surface area contributed by atoms with Gasteiger partial charge in [-0.15, -0.1) is 0 Å². The predicted molar refractivity (Wildman–Crippen MR) is 98.7 cm³/mol. The van der Waals surface area contributed by atoms with Gasteiger partial charge in [-0.2, -0.15) is 5.26 Å². The van der Waals surface area contributed by atoms with Crippen molar-refractivity contribution in [1.82, 2.24) is 9.55 Å². The number of imidazole rings is 1. The Morgan fingerprint density at radius 2 is 1.82 bits per heavy atom. The van der Waals surface area contributed by atoms with Gasteiger partial charge in [0.1, 0.15) is 12.1 Å². The van der Waals surface area contributed by atoms with E-state index in [1.807, 2.05) is 6.07 Å². The molecule has 0 atom stereocenters. The number of ketones is 1. The summed E-state index contributed by atoms with van der Waals surface area (Å²) in [7, 11) is 0. The zero-order valence-electron chi connectivity index (χ0n) is 15.1. The summed E-state index contributed by atoms with van der Waals surface area (Å²) in [5.74, 6) is -1.36. The highest BCUT2D eigenvalue weighted by atomic mass is 19.1. The average Bonchev–Trinajstić information content (AvgIpc) is 3.12. The fourth-order valence-corrected chi connectivity index (χ4v) is 2.72. The van der Waals surface area contributed by atoms with Crippen molar-refractivity contribution in [3.05, 3.63) is 83.2 Å². The van der Waals surface area contributed by atoms with E-state index >= 15 is 0 Å². The third-order valence-corrected chi connectivity index (χ3v) is 4.10. The van der Waals surface area contributed by atoms with E-state index in [9.17, 15) is 14.0 Å². The summed E-state index contributed by atoms with van der Waals surface area (Å²) in [5, 5.41) is 8.95. The maximum Gasteiger partial charge on any atom is 0.358 e. The number of carbonyl (C=O) groups excluding carboxylic acids is 2. The van der Waals surface area contributed by atoms with Crippen LogP contribution >= 0.6 is 0 Å². The van der Waals surface area contributed by atoms with E-state index in [1.54, 1.807) is 35.8 Å². The molecular formula is C21H16FN3O3. The highest BCUT2D eigenvalue weighted by Gasteiger charge is 2.22. The summed E-state index contributed by atoms with van der Waals surface area (Å²) in [6.07, 6.45) is 1.31. The van der Waals surface area contributed by atoms with Gasteiger partial charge in [0.2, 0.25) is 0 Å². The fourth-order valence-electron chi connectivity index (χ4n) is 2.72. The number of hydrogen-bond acceptors (Lipinski definition) is 5. The van der Waals surface area contributed by atoms with Gasteiger partial charge in [0.05, 0.1) is 30.4 Å². The minimum Gasteiger partial charge on any atom is -0.461 e. The molecule has 0 unspecified atom stereocenters. The molecule has 0 radical (unpaired) electrons. The van der Waals surface area contributed by atoms with E-state index < -0.39 is 11.8 Å². The van der Waals surface area contributed by atoms with Crippen LogP contribution in [-0.4, -0.2) is 27.9 Å². The summed E-state index contributed by atoms with van der Waals surface area (Å²) in [6.45, 7) is 1.85. The Bertz CT molecular complexity index is 1050. The van der Waals surface area contributed by atoms with Gasteiger partial charge in [-0.1, -0.05) is 0 Å². The highest BCUT2D eigenvalue weighted by Crippen LogP contribution is 2.19. The molecule has 7 heteroatoms. The molecule has 0 spiro atoms. The molecule has 3 rings (SSSR count). The number of halogens is 1. The van der Waals surface area contributed by atoms with Crippen LogP contribution in [0, 0.1) is 17.1 Å². The van der Waals surface area contributed by atoms with Gasteiger partial charge in [-0.05, 0) is 55.5 Å². The molecule has 6 nitrogen and oxygen atoms in total. The van der Waals surface area contributed by atoms with Crippen molar-refractivity contribution in [1.29, 1.82) is 5.26 Å². The van der Waals surface area contributed by atoms with Crippen molar-refractivity contribution in [2.45, 2.75) is 13.3 Å². The number of benzene rings is 2. The van der Waals surface area contributed by atoms with Crippen LogP contribution in [0.3, 0.4) is 0 Å². The van der Waals surface area contributed by atoms with Crippen molar-refractivity contribution in [3.63, 3.8) is 0 Å². The number of hydrogen-bond donors (Lipinski definition) is 0. The minimum absolute atomic E-state index is 0.0432. The fraction of sp³-hybridized carbons (Fsp3) is 0.143. The first-order valence-corrected chi connectivity index (χ1v) is 8.56. The van der Waals surface area contributed by atoms with Crippen molar-refractivity contribution >= 4 is 11.8 Å². The second-order valence-electron chi connectivity index (χ2n) is 5.90. The van der Waals surface area contributed by atoms with Crippen LogP contribution in [0.5, 0.6) is 0 Å². The first-order valence-electron chi connectivity index (χ1n) is 8.56. The van der Waals surface area contributed by atoms with Crippen LogP contribution in [0.4, 0.5) is 4.39 Å². The lowest BCUT2D eigenvalue weighted by atomic mass is 10.1. The third kappa shape index (κ3) is 3.96. The second-order valence-corrected chi connectivity index (χ2v) is 5.90. The van der Waals surface area contributed by atoms with Crippen molar-refractivity contribution in [3.8, 4) is 11.8 Å². The Kier molecular flexibility index (Phi) is 5.61. The van der Waals surface area contributed by atoms with E-state index in [-0.39, 0.29) is 24.5 Å². The molecular weight excluding hydrogens is 361 g/mol. The predicted octanol–water partition coefficient (Wildman–Crippen LogP) is 3.49. The quantitative estimate of drug-likeness (QED) is 0.485. The Morgan fingerprint density at radius 3 is 2.43 bits per heavy atom. The maximum atomic E-state index is 13.1. The summed E-state index contributed by atoms with van der Waals surface area (Å²) < 4.78 is 19.8. The first-order chi connectivity index (χ1) is 13.5. The van der Waals surface area contributed by atoms with Crippen molar-refractivity contribution in [2.24, 2.45) is 0 Å². The van der Waals surface area contributed by atoms with Crippen LogP contribution in [0.1, 0.15) is 39.0 Å². The smallest absolute Gasteiger partial charge is 0.358 e. The zero-order chi connectivity index (χ0) is 20.1. The second kappa shape index (κ2) is 8.27. The van der Waals surface area contributed by atoms with Crippen LogP contribution in [0.15, 0.2) is 54.9 Å². The standard InChI is InChI=1S/C21H16FN3O3/c1-2-28-21(27)20-18(11-19(26)15-5-7-16(22)8-6-15)25(13-24-20)17-9-3-14(12-23)4-10-17/h3-10,13H,2,11H2,1H3. The van der Waals surface area contributed by atoms with E-state index in [2.05, 4.69) is 4.98 Å². The van der Waals surface area contributed by atoms with Crippen LogP contribution < -0.4 is 0 Å². The summed E-state index contributed by atoms with van der Waals surface area (Å²) in [5.41, 5.74) is 1.85. The molecule has 0 fully saturated rings. The number of carbonyl (C=O) groups is 2. The third-order valence-electron chi connectivity index (χ3n) is 4.10. The largest absolute Gasteiger partial charge is 0.461 e. The monoisotopic (exact) mass is 377 g/mol. The van der Waals surface area contributed by atoms with Crippen molar-refractivity contribution < 1.29 is 18.7 Å². The Labute approximate surface area is 160 Å². The van der Waals surface area contributed by atoms with E-state index in [0.717, 1.165) is 0 Å². The van der Waals surface area contributed by atoms with Crippen molar-refractivity contribution in [2.75, 3.05) is 6.61 Å². The van der Waals surface area contributed by atoms with Gasteiger partial charge in [0, 0.05) is 11.3 Å². The minimum atomic E-state index is -0.628. The highest BCUT2D eigenvalue weighted by molar-refractivity contribution is 5.99. The first kappa shape index (κ1) is 19.0. The lowest BCUT2D eigenvalue weighted by Gasteiger charge is -2.10. The van der Waals surface area contributed by atoms with Crippen LogP contribution in [0.2, 0.25) is 0 Å².